The topological polar surface area (TPSA) is 41.3 Å². The lowest BCUT2D eigenvalue weighted by Crippen LogP contribution is -3.14. The first kappa shape index (κ1) is 13.4. The quantitative estimate of drug-likeness (QED) is 0.782. The molecule has 18 heavy (non-hydrogen) atoms. The monoisotopic (exact) mass is 250 g/mol. The molecule has 1 saturated heterocycles. The Kier molecular flexibility index (Phi) is 5.02. The van der Waals surface area contributed by atoms with Crippen molar-refractivity contribution in [2.45, 2.75) is 32.2 Å². The van der Waals surface area contributed by atoms with E-state index in [1.54, 1.807) is 4.90 Å². The Morgan fingerprint density at radius 3 is 2.39 bits per heavy atom. The molecule has 1 atom stereocenters. The Morgan fingerprint density at radius 1 is 1.17 bits per heavy atom. The molecule has 0 amide bonds. The van der Waals surface area contributed by atoms with Crippen LogP contribution in [0.2, 0.25) is 0 Å². The normalized spacial score (nSPS) is 18.6. The summed E-state index contributed by atoms with van der Waals surface area (Å²) in [5.74, 6) is 0.970. The number of rotatable bonds is 5. The Labute approximate surface area is 110 Å². The van der Waals surface area contributed by atoms with Gasteiger partial charge in [0, 0.05) is 5.56 Å². The summed E-state index contributed by atoms with van der Waals surface area (Å²) in [6.45, 7) is 6.32. The van der Waals surface area contributed by atoms with Crippen molar-refractivity contribution in [3.05, 3.63) is 29.8 Å². The molecule has 4 N–H and O–H groups in total. The van der Waals surface area contributed by atoms with Gasteiger partial charge in [0.15, 0.2) is 6.04 Å². The minimum absolute atomic E-state index is 0.556. The van der Waals surface area contributed by atoms with E-state index in [1.165, 1.54) is 37.9 Å². The number of benzene rings is 1. The number of likely N-dealkylation sites (tertiary alicyclic amines) is 1. The Hall–Kier alpha value is -1.06. The van der Waals surface area contributed by atoms with Crippen LogP contribution in [-0.2, 0) is 0 Å². The molecule has 3 heteroatoms. The third-order valence-corrected chi connectivity index (χ3v) is 3.87. The first-order valence-corrected chi connectivity index (χ1v) is 7.21. The van der Waals surface area contributed by atoms with Crippen LogP contribution in [0.25, 0.3) is 0 Å². The van der Waals surface area contributed by atoms with Crippen LogP contribution < -0.4 is 15.4 Å². The van der Waals surface area contributed by atoms with Crippen molar-refractivity contribution in [1.29, 1.82) is 0 Å². The molecule has 2 rings (SSSR count). The van der Waals surface area contributed by atoms with Crippen molar-refractivity contribution in [3.63, 3.8) is 0 Å². The van der Waals surface area contributed by atoms with E-state index in [4.69, 9.17) is 4.74 Å². The summed E-state index contributed by atoms with van der Waals surface area (Å²) in [6.07, 6.45) is 4.13. The second kappa shape index (κ2) is 6.76. The molecule has 1 aliphatic rings. The van der Waals surface area contributed by atoms with Gasteiger partial charge in [0.2, 0.25) is 0 Å². The van der Waals surface area contributed by atoms with E-state index in [0.29, 0.717) is 6.04 Å². The maximum Gasteiger partial charge on any atom is 0.162 e. The maximum atomic E-state index is 5.50. The van der Waals surface area contributed by atoms with E-state index < -0.39 is 0 Å². The third-order valence-electron chi connectivity index (χ3n) is 3.87. The fraction of sp³-hybridized carbons (Fsp3) is 0.600. The molecule has 0 aliphatic carbocycles. The smallest absolute Gasteiger partial charge is 0.162 e. The zero-order valence-electron chi connectivity index (χ0n) is 11.5. The largest absolute Gasteiger partial charge is 0.494 e. The van der Waals surface area contributed by atoms with Crippen LogP contribution in [0.3, 0.4) is 0 Å². The van der Waals surface area contributed by atoms with Crippen molar-refractivity contribution in [2.24, 2.45) is 0 Å². The van der Waals surface area contributed by atoms with Gasteiger partial charge >= 0.3 is 0 Å². The second-order valence-electron chi connectivity index (χ2n) is 5.06. The minimum atomic E-state index is 0.556. The highest BCUT2D eigenvalue weighted by Crippen LogP contribution is 2.16. The third kappa shape index (κ3) is 3.24. The summed E-state index contributed by atoms with van der Waals surface area (Å²) in [7, 11) is 0. The first-order chi connectivity index (χ1) is 8.85. The molecule has 0 unspecified atom stereocenters. The number of hydrogen-bond acceptors (Lipinski definition) is 1. The van der Waals surface area contributed by atoms with Gasteiger partial charge < -0.3 is 15.4 Å². The molecule has 0 aromatic heterocycles. The zero-order chi connectivity index (χ0) is 12.8. The highest BCUT2D eigenvalue weighted by atomic mass is 16.5. The lowest BCUT2D eigenvalue weighted by atomic mass is 10.0. The lowest BCUT2D eigenvalue weighted by molar-refractivity contribution is -0.942. The molecule has 1 aliphatic heterocycles. The molecule has 0 bridgehead atoms. The van der Waals surface area contributed by atoms with E-state index in [-0.39, 0.29) is 0 Å². The SMILES string of the molecule is CCOc1ccc([C@@H](C[NH3+])[NH+]2CCCCC2)cc1. The van der Waals surface area contributed by atoms with Crippen LogP contribution in [0.5, 0.6) is 5.75 Å². The van der Waals surface area contributed by atoms with E-state index in [9.17, 15) is 0 Å². The predicted molar refractivity (Wildman–Crippen MR) is 72.7 cm³/mol. The van der Waals surface area contributed by atoms with Crippen LogP contribution in [0, 0.1) is 0 Å². The molecule has 100 valence electrons. The fourth-order valence-corrected chi connectivity index (χ4v) is 2.92. The average molecular weight is 250 g/mol. The summed E-state index contributed by atoms with van der Waals surface area (Å²) in [6, 6.07) is 9.15. The van der Waals surface area contributed by atoms with Gasteiger partial charge in [0.05, 0.1) is 19.7 Å². The number of nitrogens with one attached hydrogen (secondary N) is 1. The molecular weight excluding hydrogens is 224 g/mol. The molecule has 0 spiro atoms. The van der Waals surface area contributed by atoms with Crippen LogP contribution >= 0.6 is 0 Å². The standard InChI is InChI=1S/C15H24N2O/c1-2-18-14-8-6-13(7-9-14)15(12-16)17-10-4-3-5-11-17/h6-9,15H,2-5,10-12,16H2,1H3/p+2/t15-/m1/s1. The highest BCUT2D eigenvalue weighted by Gasteiger charge is 2.26. The van der Waals surface area contributed by atoms with Gasteiger partial charge in [0.1, 0.15) is 12.3 Å². The van der Waals surface area contributed by atoms with Gasteiger partial charge in [-0.2, -0.15) is 0 Å². The summed E-state index contributed by atoms with van der Waals surface area (Å²) < 4.78 is 5.50. The molecule has 1 aromatic rings. The van der Waals surface area contributed by atoms with E-state index in [0.717, 1.165) is 18.9 Å². The summed E-state index contributed by atoms with van der Waals surface area (Å²) in [4.78, 5) is 1.71. The first-order valence-electron chi connectivity index (χ1n) is 7.21. The zero-order valence-corrected chi connectivity index (χ0v) is 11.5. The molecule has 3 nitrogen and oxygen atoms in total. The van der Waals surface area contributed by atoms with Gasteiger partial charge in [-0.25, -0.2) is 0 Å². The van der Waals surface area contributed by atoms with Crippen molar-refractivity contribution in [3.8, 4) is 5.75 Å². The molecule has 1 heterocycles. The molecule has 0 radical (unpaired) electrons. The van der Waals surface area contributed by atoms with Crippen molar-refractivity contribution >= 4 is 0 Å². The Balaban J connectivity index is 2.06. The summed E-state index contributed by atoms with van der Waals surface area (Å²) in [5.41, 5.74) is 5.55. The van der Waals surface area contributed by atoms with Crippen LogP contribution in [0.4, 0.5) is 0 Å². The molecule has 1 fully saturated rings. The number of quaternary nitrogens is 2. The van der Waals surface area contributed by atoms with E-state index >= 15 is 0 Å². The predicted octanol–water partition coefficient (Wildman–Crippen LogP) is 0.437. The lowest BCUT2D eigenvalue weighted by Gasteiger charge is -2.30. The molecular formula is C15H26N2O+2. The van der Waals surface area contributed by atoms with Gasteiger partial charge in [0.25, 0.3) is 0 Å². The summed E-state index contributed by atoms with van der Waals surface area (Å²) >= 11 is 0. The van der Waals surface area contributed by atoms with Crippen molar-refractivity contribution < 1.29 is 15.4 Å². The van der Waals surface area contributed by atoms with Crippen LogP contribution in [0.15, 0.2) is 24.3 Å². The Bertz CT molecular complexity index is 344. The molecule has 0 saturated carbocycles. The van der Waals surface area contributed by atoms with Gasteiger partial charge in [-0.05, 0) is 50.5 Å². The average Bonchev–Trinajstić information content (AvgIpc) is 2.43. The van der Waals surface area contributed by atoms with Crippen LogP contribution in [0.1, 0.15) is 37.8 Å². The number of hydrogen-bond donors (Lipinski definition) is 2. The van der Waals surface area contributed by atoms with Crippen LogP contribution in [-0.4, -0.2) is 26.2 Å². The van der Waals surface area contributed by atoms with E-state index in [1.807, 2.05) is 6.92 Å². The van der Waals surface area contributed by atoms with E-state index in [2.05, 4.69) is 30.0 Å². The fourth-order valence-electron chi connectivity index (χ4n) is 2.92. The van der Waals surface area contributed by atoms with Crippen molar-refractivity contribution in [2.75, 3.05) is 26.2 Å². The van der Waals surface area contributed by atoms with Crippen molar-refractivity contribution in [1.82, 2.24) is 0 Å². The summed E-state index contributed by atoms with van der Waals surface area (Å²) in [5, 5.41) is 0. The number of ether oxygens (including phenoxy) is 1. The van der Waals surface area contributed by atoms with Gasteiger partial charge in [-0.1, -0.05) is 0 Å². The van der Waals surface area contributed by atoms with Gasteiger partial charge in [-0.15, -0.1) is 0 Å². The maximum absolute atomic E-state index is 5.50. The highest BCUT2D eigenvalue weighted by molar-refractivity contribution is 5.28. The Morgan fingerprint density at radius 2 is 1.83 bits per heavy atom. The number of piperidine rings is 1. The molecule has 1 aromatic carbocycles. The van der Waals surface area contributed by atoms with Gasteiger partial charge in [-0.3, -0.25) is 0 Å². The second-order valence-corrected chi connectivity index (χ2v) is 5.06. The minimum Gasteiger partial charge on any atom is -0.494 e.